The normalized spacial score (nSPS) is 9.95. The molecule has 0 unspecified atom stereocenters. The third kappa shape index (κ3) is 3.82. The predicted molar refractivity (Wildman–Crippen MR) is 76.0 cm³/mol. The van der Waals surface area contributed by atoms with Gasteiger partial charge in [-0.25, -0.2) is 9.59 Å². The van der Waals surface area contributed by atoms with Gasteiger partial charge in [-0.15, -0.1) is 0 Å². The number of hydrogen-bond acceptors (Lipinski definition) is 4. The molecule has 0 saturated heterocycles. The number of aromatic carboxylic acids is 1. The lowest BCUT2D eigenvalue weighted by Gasteiger charge is -2.06. The Morgan fingerprint density at radius 3 is 1.95 bits per heavy atom. The van der Waals surface area contributed by atoms with Crippen molar-refractivity contribution in [1.29, 1.82) is 0 Å². The molecule has 0 amide bonds. The fraction of sp³-hybridized carbons (Fsp3) is 0.125. The molecule has 1 N–H and O–H groups in total. The highest BCUT2D eigenvalue weighted by Crippen LogP contribution is 2.16. The van der Waals surface area contributed by atoms with Gasteiger partial charge in [-0.3, -0.25) is 0 Å². The van der Waals surface area contributed by atoms with Gasteiger partial charge >= 0.3 is 11.9 Å². The molecule has 0 atom stereocenters. The Kier molecular flexibility index (Phi) is 4.56. The van der Waals surface area contributed by atoms with E-state index in [0.29, 0.717) is 23.7 Å². The van der Waals surface area contributed by atoms with Crippen LogP contribution in [0.5, 0.6) is 11.5 Å². The van der Waals surface area contributed by atoms with E-state index in [4.69, 9.17) is 14.6 Å². The maximum atomic E-state index is 11.9. The standard InChI is InChI=1S/C16H14O5/c1-2-20-13-7-5-12(6-8-13)16(19)21-14-9-3-11(4-10-14)15(17)18/h3-10H,2H2,1H3,(H,17,18). The van der Waals surface area contributed by atoms with Crippen molar-refractivity contribution in [2.75, 3.05) is 6.61 Å². The Morgan fingerprint density at radius 1 is 0.905 bits per heavy atom. The maximum absolute atomic E-state index is 11.9. The Labute approximate surface area is 121 Å². The van der Waals surface area contributed by atoms with E-state index in [-0.39, 0.29) is 5.56 Å². The van der Waals surface area contributed by atoms with Crippen LogP contribution in [0.25, 0.3) is 0 Å². The van der Waals surface area contributed by atoms with Gasteiger partial charge in [0.1, 0.15) is 11.5 Å². The summed E-state index contributed by atoms with van der Waals surface area (Å²) in [6.07, 6.45) is 0. The van der Waals surface area contributed by atoms with E-state index in [1.165, 1.54) is 24.3 Å². The Bertz CT molecular complexity index is 629. The van der Waals surface area contributed by atoms with E-state index >= 15 is 0 Å². The average Bonchev–Trinajstić information content (AvgIpc) is 2.49. The zero-order valence-electron chi connectivity index (χ0n) is 11.4. The van der Waals surface area contributed by atoms with E-state index in [0.717, 1.165) is 0 Å². The molecule has 0 bridgehead atoms. The van der Waals surface area contributed by atoms with Gasteiger partial charge in [-0.2, -0.15) is 0 Å². The van der Waals surface area contributed by atoms with E-state index in [1.54, 1.807) is 24.3 Å². The van der Waals surface area contributed by atoms with Crippen LogP contribution < -0.4 is 9.47 Å². The lowest BCUT2D eigenvalue weighted by atomic mass is 10.2. The highest BCUT2D eigenvalue weighted by atomic mass is 16.5. The summed E-state index contributed by atoms with van der Waals surface area (Å²) < 4.78 is 10.4. The Morgan fingerprint density at radius 2 is 1.43 bits per heavy atom. The first kappa shape index (κ1) is 14.6. The molecule has 0 aliphatic heterocycles. The minimum Gasteiger partial charge on any atom is -0.494 e. The van der Waals surface area contributed by atoms with Crippen molar-refractivity contribution < 1.29 is 24.2 Å². The molecule has 0 radical (unpaired) electrons. The second-order valence-electron chi connectivity index (χ2n) is 4.18. The van der Waals surface area contributed by atoms with Crippen LogP contribution in [-0.4, -0.2) is 23.7 Å². The smallest absolute Gasteiger partial charge is 0.343 e. The summed E-state index contributed by atoms with van der Waals surface area (Å²) in [5.74, 6) is -0.570. The quantitative estimate of drug-likeness (QED) is 0.675. The number of hydrogen-bond donors (Lipinski definition) is 1. The van der Waals surface area contributed by atoms with E-state index in [1.807, 2.05) is 6.92 Å². The van der Waals surface area contributed by atoms with Crippen molar-refractivity contribution in [2.24, 2.45) is 0 Å². The summed E-state index contributed by atoms with van der Waals surface area (Å²) in [6, 6.07) is 12.2. The van der Waals surface area contributed by atoms with E-state index < -0.39 is 11.9 Å². The minimum absolute atomic E-state index is 0.135. The van der Waals surface area contributed by atoms with Crippen LogP contribution in [0.4, 0.5) is 0 Å². The van der Waals surface area contributed by atoms with Crippen LogP contribution >= 0.6 is 0 Å². The van der Waals surface area contributed by atoms with Gasteiger partial charge in [0.15, 0.2) is 0 Å². The first-order valence-electron chi connectivity index (χ1n) is 6.38. The molecule has 0 heterocycles. The van der Waals surface area contributed by atoms with Crippen LogP contribution in [0.15, 0.2) is 48.5 Å². The van der Waals surface area contributed by atoms with Gasteiger partial charge < -0.3 is 14.6 Å². The molecule has 108 valence electrons. The maximum Gasteiger partial charge on any atom is 0.343 e. The summed E-state index contributed by atoms with van der Waals surface area (Å²) in [7, 11) is 0. The SMILES string of the molecule is CCOc1ccc(C(=O)Oc2ccc(C(=O)O)cc2)cc1. The summed E-state index contributed by atoms with van der Waals surface area (Å²) in [4.78, 5) is 22.6. The van der Waals surface area contributed by atoms with Gasteiger partial charge in [0.2, 0.25) is 0 Å². The van der Waals surface area contributed by atoms with Crippen molar-refractivity contribution in [3.63, 3.8) is 0 Å². The van der Waals surface area contributed by atoms with Crippen molar-refractivity contribution >= 4 is 11.9 Å². The molecule has 0 saturated carbocycles. The van der Waals surface area contributed by atoms with Crippen LogP contribution in [0.3, 0.4) is 0 Å². The Hall–Kier alpha value is -2.82. The third-order valence-corrected chi connectivity index (χ3v) is 2.71. The minimum atomic E-state index is -1.03. The summed E-state index contributed by atoms with van der Waals surface area (Å²) in [5, 5.41) is 8.79. The average molecular weight is 286 g/mol. The predicted octanol–water partition coefficient (Wildman–Crippen LogP) is 3.00. The highest BCUT2D eigenvalue weighted by Gasteiger charge is 2.09. The summed E-state index contributed by atoms with van der Waals surface area (Å²) >= 11 is 0. The molecule has 2 aromatic carbocycles. The second kappa shape index (κ2) is 6.56. The molecular weight excluding hydrogens is 272 g/mol. The Balaban J connectivity index is 2.05. The van der Waals surface area contributed by atoms with Gasteiger partial charge in [0.05, 0.1) is 17.7 Å². The van der Waals surface area contributed by atoms with Gasteiger partial charge in [0, 0.05) is 0 Å². The molecule has 0 fully saturated rings. The molecular formula is C16H14O5. The van der Waals surface area contributed by atoms with Crippen molar-refractivity contribution in [2.45, 2.75) is 6.92 Å². The van der Waals surface area contributed by atoms with Crippen molar-refractivity contribution in [1.82, 2.24) is 0 Å². The number of ether oxygens (including phenoxy) is 2. The van der Waals surface area contributed by atoms with Gasteiger partial charge in [0.25, 0.3) is 0 Å². The monoisotopic (exact) mass is 286 g/mol. The van der Waals surface area contributed by atoms with Crippen molar-refractivity contribution in [3.8, 4) is 11.5 Å². The lowest BCUT2D eigenvalue weighted by molar-refractivity contribution is 0.0696. The molecule has 2 aromatic rings. The molecule has 0 aliphatic carbocycles. The van der Waals surface area contributed by atoms with E-state index in [2.05, 4.69) is 0 Å². The fourth-order valence-electron chi connectivity index (χ4n) is 1.69. The summed E-state index contributed by atoms with van der Waals surface area (Å²) in [5.41, 5.74) is 0.525. The van der Waals surface area contributed by atoms with Crippen LogP contribution in [-0.2, 0) is 0 Å². The van der Waals surface area contributed by atoms with E-state index in [9.17, 15) is 9.59 Å². The number of carbonyl (C=O) groups excluding carboxylic acids is 1. The fourth-order valence-corrected chi connectivity index (χ4v) is 1.69. The largest absolute Gasteiger partial charge is 0.494 e. The van der Waals surface area contributed by atoms with Crippen molar-refractivity contribution in [3.05, 3.63) is 59.7 Å². The molecule has 5 heteroatoms. The number of carboxylic acid groups (broad SMARTS) is 1. The van der Waals surface area contributed by atoms with Crippen LogP contribution in [0, 0.1) is 0 Å². The highest BCUT2D eigenvalue weighted by molar-refractivity contribution is 5.91. The van der Waals surface area contributed by atoms with Crippen LogP contribution in [0.2, 0.25) is 0 Å². The number of esters is 1. The first-order valence-corrected chi connectivity index (χ1v) is 6.38. The van der Waals surface area contributed by atoms with Gasteiger partial charge in [-0.05, 0) is 55.5 Å². The van der Waals surface area contributed by atoms with Crippen LogP contribution in [0.1, 0.15) is 27.6 Å². The number of benzene rings is 2. The topological polar surface area (TPSA) is 72.8 Å². The molecule has 2 rings (SSSR count). The lowest BCUT2D eigenvalue weighted by Crippen LogP contribution is -2.08. The molecule has 0 aliphatic rings. The third-order valence-electron chi connectivity index (χ3n) is 2.71. The molecule has 5 nitrogen and oxygen atoms in total. The molecule has 0 aromatic heterocycles. The number of rotatable bonds is 5. The molecule has 0 spiro atoms. The second-order valence-corrected chi connectivity index (χ2v) is 4.18. The molecule has 21 heavy (non-hydrogen) atoms. The zero-order valence-corrected chi connectivity index (χ0v) is 11.4. The summed E-state index contributed by atoms with van der Waals surface area (Å²) in [6.45, 7) is 2.43. The van der Waals surface area contributed by atoms with Gasteiger partial charge in [-0.1, -0.05) is 0 Å². The number of carbonyl (C=O) groups is 2. The number of carboxylic acids is 1. The first-order chi connectivity index (χ1) is 10.1. The zero-order chi connectivity index (χ0) is 15.2.